The maximum atomic E-state index is 13.6. The van der Waals surface area contributed by atoms with Gasteiger partial charge >= 0.3 is 15.4 Å². The first-order chi connectivity index (χ1) is 21.7. The van der Waals surface area contributed by atoms with Gasteiger partial charge in [0, 0.05) is 6.66 Å². The molecule has 23 nitrogen and oxygen atoms in total. The maximum Gasteiger partial charge on any atom is 0.472 e. The highest BCUT2D eigenvalue weighted by Gasteiger charge is 2.53. The third-order valence-corrected chi connectivity index (χ3v) is 9.82. The molecule has 0 bridgehead atoms. The van der Waals surface area contributed by atoms with E-state index in [1.165, 1.54) is 15.5 Å². The topological polar surface area (TPSA) is 335 Å². The number of aromatic amines is 2. The number of aliphatic hydroxyl groups is 1. The van der Waals surface area contributed by atoms with E-state index < -0.39 is 88.8 Å². The minimum Gasteiger partial charge on any atom is -0.386 e. The lowest BCUT2D eigenvalue weighted by Crippen LogP contribution is -2.42. The van der Waals surface area contributed by atoms with E-state index in [1.807, 2.05) is 0 Å². The van der Waals surface area contributed by atoms with E-state index >= 15 is 0 Å². The normalized spacial score (nSPS) is 37.1. The fourth-order valence-corrected chi connectivity index (χ4v) is 7.73. The molecule has 248 valence electrons. The second-order valence-electron chi connectivity index (χ2n) is 10.7. The molecular weight excluding hydrogens is 660 g/mol. The predicted molar refractivity (Wildman–Crippen MR) is 152 cm³/mol. The number of nitrogens with zero attached hydrogens (tertiary/aromatic N) is 6. The number of fused-ring (bicyclic) bond motifs is 4. The highest BCUT2D eigenvalue weighted by molar-refractivity contribution is 7.53. The van der Waals surface area contributed by atoms with Crippen molar-refractivity contribution in [3.8, 4) is 0 Å². The van der Waals surface area contributed by atoms with Gasteiger partial charge in [-0.2, -0.15) is 9.97 Å². The third kappa shape index (κ3) is 5.34. The van der Waals surface area contributed by atoms with Crippen LogP contribution in [0.2, 0.25) is 0 Å². The van der Waals surface area contributed by atoms with E-state index in [9.17, 15) is 28.7 Å². The number of rotatable bonds is 2. The number of nitrogens with two attached hydrogens (primary N) is 3. The quantitative estimate of drug-likeness (QED) is 0.108. The van der Waals surface area contributed by atoms with Crippen LogP contribution in [0.5, 0.6) is 0 Å². The minimum atomic E-state index is -5.00. The van der Waals surface area contributed by atoms with Gasteiger partial charge in [-0.1, -0.05) is 0 Å². The molecule has 3 aliphatic heterocycles. The van der Waals surface area contributed by atoms with Gasteiger partial charge in [-0.3, -0.25) is 42.3 Å². The van der Waals surface area contributed by atoms with Gasteiger partial charge in [0.25, 0.3) is 11.1 Å². The van der Waals surface area contributed by atoms with Crippen LogP contribution in [0.25, 0.3) is 22.3 Å². The van der Waals surface area contributed by atoms with Crippen molar-refractivity contribution in [1.29, 1.82) is 0 Å². The molecule has 4 unspecified atom stereocenters. The van der Waals surface area contributed by atoms with Crippen LogP contribution in [-0.4, -0.2) is 105 Å². The van der Waals surface area contributed by atoms with Gasteiger partial charge in [-0.25, -0.2) is 14.5 Å². The molecule has 4 aromatic rings. The smallest absolute Gasteiger partial charge is 0.386 e. The highest BCUT2D eigenvalue weighted by Crippen LogP contribution is 2.53. The van der Waals surface area contributed by atoms with Gasteiger partial charge in [0.2, 0.25) is 11.9 Å². The molecule has 0 amide bonds. The number of H-pyrrole nitrogens is 2. The van der Waals surface area contributed by atoms with Crippen molar-refractivity contribution in [2.24, 2.45) is 5.73 Å². The summed E-state index contributed by atoms with van der Waals surface area (Å²) in [7, 11) is -9.02. The van der Waals surface area contributed by atoms with Gasteiger partial charge in [-0.05, 0) is 0 Å². The number of anilines is 2. The lowest BCUT2D eigenvalue weighted by molar-refractivity contribution is -0.0614. The predicted octanol–water partition coefficient (Wildman–Crippen LogP) is -2.36. The zero-order chi connectivity index (χ0) is 32.7. The van der Waals surface area contributed by atoms with Crippen molar-refractivity contribution < 1.29 is 46.7 Å². The first-order valence-electron chi connectivity index (χ1n) is 13.5. The first kappa shape index (κ1) is 31.0. The molecule has 3 saturated heterocycles. The molecule has 0 aliphatic carbocycles. The number of aliphatic hydroxyl groups excluding tert-OH is 1. The van der Waals surface area contributed by atoms with Gasteiger partial charge in [0.05, 0.1) is 31.9 Å². The van der Waals surface area contributed by atoms with Crippen LogP contribution in [0, 0.1) is 0 Å². The summed E-state index contributed by atoms with van der Waals surface area (Å²) in [6.07, 6.45) is -7.27. The maximum absolute atomic E-state index is 13.6. The summed E-state index contributed by atoms with van der Waals surface area (Å²) in [6.45, 7) is -0.103. The highest BCUT2D eigenvalue weighted by atomic mass is 31.2. The Morgan fingerprint density at radius 2 is 1.39 bits per heavy atom. The summed E-state index contributed by atoms with van der Waals surface area (Å²) < 4.78 is 63.1. The Morgan fingerprint density at radius 1 is 0.870 bits per heavy atom. The SMILES string of the molecule is CP1(=O)OC[C@H]2O[C@@H](n3cnc4c(=O)[nH]c(N)nc43)C(O)[C@H]2OP(=O)(O)OC[C@H]2O[C@@H](n3cnc4c(=O)[nH]c(N)nc43)C(N)[C@H]2O1. The van der Waals surface area contributed by atoms with Gasteiger partial charge in [0.1, 0.15) is 30.5 Å². The van der Waals surface area contributed by atoms with Crippen LogP contribution < -0.4 is 28.3 Å². The van der Waals surface area contributed by atoms with Crippen molar-refractivity contribution >= 4 is 49.6 Å². The average molecular weight is 687 g/mol. The molecule has 10 N–H and O–H groups in total. The summed E-state index contributed by atoms with van der Waals surface area (Å²) in [4.78, 5) is 55.9. The number of nitrogen functional groups attached to an aromatic ring is 2. The molecular formula is C21H27N11O12P2. The number of hydrogen-bond donors (Lipinski definition) is 7. The van der Waals surface area contributed by atoms with Crippen molar-refractivity contribution in [2.45, 2.75) is 49.0 Å². The van der Waals surface area contributed by atoms with Crippen LogP contribution in [0.4, 0.5) is 11.9 Å². The summed E-state index contributed by atoms with van der Waals surface area (Å²) in [5.74, 6) is -0.437. The molecule has 0 spiro atoms. The minimum absolute atomic E-state index is 0.0220. The number of nitrogens with one attached hydrogen (secondary N) is 2. The zero-order valence-corrected chi connectivity index (χ0v) is 25.3. The molecule has 0 saturated carbocycles. The van der Waals surface area contributed by atoms with Gasteiger partial charge < -0.3 is 45.7 Å². The Kier molecular flexibility index (Phi) is 7.41. The van der Waals surface area contributed by atoms with E-state index in [1.54, 1.807) is 0 Å². The lowest BCUT2D eigenvalue weighted by atomic mass is 10.1. The molecule has 3 fully saturated rings. The van der Waals surface area contributed by atoms with Crippen LogP contribution in [-0.2, 0) is 36.7 Å². The molecule has 10 atom stereocenters. The van der Waals surface area contributed by atoms with E-state index in [2.05, 4.69) is 29.9 Å². The van der Waals surface area contributed by atoms with Crippen LogP contribution >= 0.6 is 15.4 Å². The van der Waals surface area contributed by atoms with Crippen molar-refractivity contribution in [3.63, 3.8) is 0 Å². The lowest BCUT2D eigenvalue weighted by Gasteiger charge is -2.29. The third-order valence-electron chi connectivity index (χ3n) is 7.59. The number of aromatic nitrogens is 8. The van der Waals surface area contributed by atoms with Gasteiger partial charge in [-0.15, -0.1) is 0 Å². The van der Waals surface area contributed by atoms with E-state index in [-0.39, 0.29) is 34.2 Å². The molecule has 7 heterocycles. The number of ether oxygens (including phenoxy) is 2. The molecule has 0 radical (unpaired) electrons. The fraction of sp³-hybridized carbons (Fsp3) is 0.524. The Bertz CT molecular complexity index is 1900. The fourth-order valence-electron chi connectivity index (χ4n) is 5.57. The molecule has 7 rings (SSSR count). The van der Waals surface area contributed by atoms with E-state index in [0.29, 0.717) is 0 Å². The number of phosphoric acid groups is 1. The van der Waals surface area contributed by atoms with Crippen LogP contribution in [0.3, 0.4) is 0 Å². The van der Waals surface area contributed by atoms with Crippen molar-refractivity contribution in [1.82, 2.24) is 39.0 Å². The number of hydrogen-bond acceptors (Lipinski definition) is 18. The van der Waals surface area contributed by atoms with Gasteiger partial charge in [0.15, 0.2) is 34.8 Å². The monoisotopic (exact) mass is 687 g/mol. The summed E-state index contributed by atoms with van der Waals surface area (Å²) in [5, 5.41) is 11.2. The molecule has 0 aromatic carbocycles. The number of phosphoric ester groups is 1. The van der Waals surface area contributed by atoms with E-state index in [0.717, 1.165) is 13.0 Å². The van der Waals surface area contributed by atoms with Crippen LogP contribution in [0.15, 0.2) is 22.2 Å². The van der Waals surface area contributed by atoms with E-state index in [4.69, 9.17) is 44.8 Å². The molecule has 46 heavy (non-hydrogen) atoms. The zero-order valence-electron chi connectivity index (χ0n) is 23.5. The Balaban J connectivity index is 1.18. The van der Waals surface area contributed by atoms with Crippen molar-refractivity contribution in [3.05, 3.63) is 33.4 Å². The standard InChI is InChI=1S/C21H27N11O12P2/c1-45(36)39-2-7-13(11(33)19(42-7)32-5-26-10-15(32)28-21(24)30-17(10)35)44-46(37,38)40-3-6-12(43-45)8(22)18(41-6)31-4-25-9-14(31)27-20(23)29-16(9)34/h4-8,11-13,18-19,33H,2-3,22H2,1H3,(H,37,38)(H3,23,27,29,34)(H3,24,28,30,35)/t6-,7-,8?,11?,12+,13+,18-,19-,45?/m1/s1. The van der Waals surface area contributed by atoms with Crippen LogP contribution in [0.1, 0.15) is 12.5 Å². The Morgan fingerprint density at radius 3 is 2.00 bits per heavy atom. The summed E-state index contributed by atoms with van der Waals surface area (Å²) >= 11 is 0. The Labute approximate surface area is 255 Å². The second kappa shape index (κ2) is 11.0. The molecule has 25 heteroatoms. The van der Waals surface area contributed by atoms with Crippen molar-refractivity contribution in [2.75, 3.05) is 31.3 Å². The first-order valence-corrected chi connectivity index (χ1v) is 17.0. The summed E-state index contributed by atoms with van der Waals surface area (Å²) in [5.41, 5.74) is 16.3. The second-order valence-corrected chi connectivity index (χ2v) is 14.1. The molecule has 4 aromatic heterocycles. The average Bonchev–Trinajstić information content (AvgIpc) is 3.72. The number of imidazole rings is 2. The largest absolute Gasteiger partial charge is 0.472 e. The summed E-state index contributed by atoms with van der Waals surface area (Å²) in [6, 6.07) is -1.13. The molecule has 3 aliphatic rings. The Hall–Kier alpha value is -3.60.